The van der Waals surface area contributed by atoms with Crippen molar-refractivity contribution in [3.05, 3.63) is 29.8 Å². The number of benzene rings is 1. The number of hydrogen-bond acceptors (Lipinski definition) is 9. The van der Waals surface area contributed by atoms with Crippen molar-refractivity contribution in [2.45, 2.75) is 25.9 Å². The van der Waals surface area contributed by atoms with Crippen LogP contribution in [0.15, 0.2) is 24.3 Å². The molecule has 9 nitrogen and oxygen atoms in total. The lowest BCUT2D eigenvalue weighted by Crippen LogP contribution is -2.20. The lowest BCUT2D eigenvalue weighted by molar-refractivity contribution is -0.150. The molecule has 1 unspecified atom stereocenters. The third kappa shape index (κ3) is 11.4. The second-order valence-electron chi connectivity index (χ2n) is 6.22. The predicted molar refractivity (Wildman–Crippen MR) is 108 cm³/mol. The number of carbonyl (C=O) groups excluding carboxylic acids is 2. The van der Waals surface area contributed by atoms with Gasteiger partial charge in [0.25, 0.3) is 0 Å². The Labute approximate surface area is 176 Å². The smallest absolute Gasteiger partial charge is 0.306 e. The quantitative estimate of drug-likeness (QED) is 0.319. The normalized spacial score (nSPS) is 12.0. The van der Waals surface area contributed by atoms with E-state index in [4.69, 9.17) is 28.8 Å². The topological polar surface area (TPSA) is 121 Å². The fraction of sp³-hybridized carbons (Fsp3) is 0.524. The number of aliphatic hydroxyl groups is 1. The Balaban J connectivity index is 2.11. The van der Waals surface area contributed by atoms with Crippen molar-refractivity contribution >= 4 is 18.0 Å². The molecule has 0 radical (unpaired) electrons. The Hall–Kier alpha value is -2.62. The number of hydrogen-bond donors (Lipinski definition) is 2. The van der Waals surface area contributed by atoms with Crippen LogP contribution < -0.4 is 4.74 Å². The van der Waals surface area contributed by atoms with Gasteiger partial charge in [0.2, 0.25) is 0 Å². The number of rotatable bonds is 15. The molecule has 0 aliphatic heterocycles. The van der Waals surface area contributed by atoms with Gasteiger partial charge in [-0.25, -0.2) is 0 Å². The van der Waals surface area contributed by atoms with Gasteiger partial charge < -0.3 is 33.9 Å². The number of methoxy groups -OCH3 is 1. The standard InChI is InChI=1S/C21H30O9/c1-16(28-11-9-22)15-27-12-13-30-21(25)8-7-20(24)29-10-3-4-17-5-6-18(23)19(14-17)26-2/h3-6,14,16,22-23H,7-13,15H2,1-2H3. The number of carbonyl (C=O) groups is 2. The van der Waals surface area contributed by atoms with Gasteiger partial charge in [0.05, 0.1) is 52.5 Å². The molecule has 0 spiro atoms. The SMILES string of the molecule is COc1cc(C=CCOC(=O)CCC(=O)OCCOCC(C)OCCO)ccc1O. The summed E-state index contributed by atoms with van der Waals surface area (Å²) in [5, 5.41) is 18.2. The average molecular weight is 426 g/mol. The maximum absolute atomic E-state index is 11.7. The van der Waals surface area contributed by atoms with Gasteiger partial charge in [0.1, 0.15) is 13.2 Å². The van der Waals surface area contributed by atoms with E-state index < -0.39 is 11.9 Å². The van der Waals surface area contributed by atoms with Crippen molar-refractivity contribution in [3.63, 3.8) is 0 Å². The molecule has 0 heterocycles. The van der Waals surface area contributed by atoms with Crippen molar-refractivity contribution in [3.8, 4) is 11.5 Å². The Morgan fingerprint density at radius 2 is 1.83 bits per heavy atom. The van der Waals surface area contributed by atoms with Crippen LogP contribution in [-0.2, 0) is 28.5 Å². The van der Waals surface area contributed by atoms with Crippen molar-refractivity contribution in [1.29, 1.82) is 0 Å². The zero-order chi connectivity index (χ0) is 22.2. The summed E-state index contributed by atoms with van der Waals surface area (Å²) >= 11 is 0. The summed E-state index contributed by atoms with van der Waals surface area (Å²) in [7, 11) is 1.46. The van der Waals surface area contributed by atoms with Crippen LogP contribution in [0.5, 0.6) is 11.5 Å². The highest BCUT2D eigenvalue weighted by molar-refractivity contribution is 5.77. The molecule has 30 heavy (non-hydrogen) atoms. The third-order valence-electron chi connectivity index (χ3n) is 3.72. The first-order chi connectivity index (χ1) is 14.5. The Morgan fingerprint density at radius 3 is 2.53 bits per heavy atom. The Bertz CT molecular complexity index is 672. The van der Waals surface area contributed by atoms with Gasteiger partial charge >= 0.3 is 11.9 Å². The molecule has 1 aromatic carbocycles. The molecule has 1 atom stereocenters. The van der Waals surface area contributed by atoms with E-state index >= 15 is 0 Å². The maximum Gasteiger partial charge on any atom is 0.306 e. The first kappa shape index (κ1) is 25.4. The van der Waals surface area contributed by atoms with Crippen LogP contribution in [0.2, 0.25) is 0 Å². The molecule has 1 aromatic rings. The summed E-state index contributed by atoms with van der Waals surface area (Å²) in [6.07, 6.45) is 3.05. The van der Waals surface area contributed by atoms with Gasteiger partial charge in [-0.3, -0.25) is 9.59 Å². The van der Waals surface area contributed by atoms with Gasteiger partial charge in [0.15, 0.2) is 11.5 Å². The van der Waals surface area contributed by atoms with Crippen LogP contribution in [0.25, 0.3) is 6.08 Å². The molecular weight excluding hydrogens is 396 g/mol. The molecule has 0 aliphatic carbocycles. The summed E-state index contributed by atoms with van der Waals surface area (Å²) in [6, 6.07) is 4.85. The number of phenols is 1. The van der Waals surface area contributed by atoms with Crippen molar-refractivity contribution < 1.29 is 43.5 Å². The van der Waals surface area contributed by atoms with Crippen LogP contribution in [0.3, 0.4) is 0 Å². The Morgan fingerprint density at radius 1 is 1.10 bits per heavy atom. The third-order valence-corrected chi connectivity index (χ3v) is 3.72. The van der Waals surface area contributed by atoms with Gasteiger partial charge in [-0.2, -0.15) is 0 Å². The molecule has 168 valence electrons. The maximum atomic E-state index is 11.7. The van der Waals surface area contributed by atoms with Crippen LogP contribution in [0, 0.1) is 0 Å². The largest absolute Gasteiger partial charge is 0.504 e. The summed E-state index contributed by atoms with van der Waals surface area (Å²) in [5.41, 5.74) is 0.779. The minimum atomic E-state index is -0.508. The summed E-state index contributed by atoms with van der Waals surface area (Å²) < 4.78 is 25.5. The molecule has 0 fully saturated rings. The number of aromatic hydroxyl groups is 1. The fourth-order valence-electron chi connectivity index (χ4n) is 2.24. The number of aliphatic hydroxyl groups excluding tert-OH is 1. The lowest BCUT2D eigenvalue weighted by atomic mass is 10.2. The highest BCUT2D eigenvalue weighted by Gasteiger charge is 2.09. The fourth-order valence-corrected chi connectivity index (χ4v) is 2.24. The zero-order valence-electron chi connectivity index (χ0n) is 17.4. The number of esters is 2. The molecule has 0 aromatic heterocycles. The molecule has 9 heteroatoms. The molecule has 0 saturated carbocycles. The average Bonchev–Trinajstić information content (AvgIpc) is 2.74. The highest BCUT2D eigenvalue weighted by Crippen LogP contribution is 2.26. The van der Waals surface area contributed by atoms with Crippen molar-refractivity contribution in [2.75, 3.05) is 46.8 Å². The van der Waals surface area contributed by atoms with E-state index in [-0.39, 0.29) is 57.7 Å². The second-order valence-corrected chi connectivity index (χ2v) is 6.22. The van der Waals surface area contributed by atoms with E-state index in [1.54, 1.807) is 24.3 Å². The van der Waals surface area contributed by atoms with Gasteiger partial charge in [-0.05, 0) is 30.7 Å². The molecule has 1 rings (SSSR count). The van der Waals surface area contributed by atoms with E-state index in [0.29, 0.717) is 12.4 Å². The number of phenolic OH excluding ortho intramolecular Hbond substituents is 1. The van der Waals surface area contributed by atoms with Gasteiger partial charge in [0, 0.05) is 0 Å². The van der Waals surface area contributed by atoms with E-state index in [2.05, 4.69) is 0 Å². The van der Waals surface area contributed by atoms with Crippen LogP contribution >= 0.6 is 0 Å². The highest BCUT2D eigenvalue weighted by atomic mass is 16.6. The summed E-state index contributed by atoms with van der Waals surface area (Å²) in [6.45, 7) is 2.69. The van der Waals surface area contributed by atoms with E-state index in [9.17, 15) is 14.7 Å². The lowest BCUT2D eigenvalue weighted by Gasteiger charge is -2.12. The molecule has 2 N–H and O–H groups in total. The Kier molecular flexibility index (Phi) is 12.9. The summed E-state index contributed by atoms with van der Waals surface area (Å²) in [4.78, 5) is 23.3. The first-order valence-corrected chi connectivity index (χ1v) is 9.61. The summed E-state index contributed by atoms with van der Waals surface area (Å²) in [5.74, 6) is -0.624. The molecular formula is C21H30O9. The van der Waals surface area contributed by atoms with E-state index in [1.807, 2.05) is 6.92 Å². The van der Waals surface area contributed by atoms with Crippen molar-refractivity contribution in [2.24, 2.45) is 0 Å². The molecule has 0 saturated heterocycles. The van der Waals surface area contributed by atoms with Gasteiger partial charge in [-0.15, -0.1) is 0 Å². The molecule has 0 aliphatic rings. The predicted octanol–water partition coefficient (Wildman–Crippen LogP) is 1.69. The zero-order valence-corrected chi connectivity index (χ0v) is 17.4. The van der Waals surface area contributed by atoms with E-state index in [0.717, 1.165) is 5.56 Å². The minimum Gasteiger partial charge on any atom is -0.504 e. The minimum absolute atomic E-state index is 0.0427. The first-order valence-electron chi connectivity index (χ1n) is 9.61. The molecule has 0 bridgehead atoms. The monoisotopic (exact) mass is 426 g/mol. The van der Waals surface area contributed by atoms with Crippen LogP contribution in [0.1, 0.15) is 25.3 Å². The van der Waals surface area contributed by atoms with Crippen LogP contribution in [-0.4, -0.2) is 75.0 Å². The number of ether oxygens (including phenoxy) is 5. The molecule has 0 amide bonds. The van der Waals surface area contributed by atoms with Crippen molar-refractivity contribution in [1.82, 2.24) is 0 Å². The second kappa shape index (κ2) is 15.3. The van der Waals surface area contributed by atoms with Crippen LogP contribution in [0.4, 0.5) is 0 Å². The van der Waals surface area contributed by atoms with Gasteiger partial charge in [-0.1, -0.05) is 12.1 Å². The van der Waals surface area contributed by atoms with E-state index in [1.165, 1.54) is 13.2 Å².